The molecule has 0 radical (unpaired) electrons. The number of benzene rings is 1. The van der Waals surface area contributed by atoms with E-state index in [0.29, 0.717) is 0 Å². The zero-order valence-electron chi connectivity index (χ0n) is 9.26. The normalized spacial score (nSPS) is 9.61. The molecule has 0 aliphatic carbocycles. The van der Waals surface area contributed by atoms with Crippen LogP contribution in [-0.4, -0.2) is 41.4 Å². The third-order valence-corrected chi connectivity index (χ3v) is 2.25. The molecule has 0 heterocycles. The van der Waals surface area contributed by atoms with E-state index < -0.39 is 29.0 Å². The number of amides is 1. The summed E-state index contributed by atoms with van der Waals surface area (Å²) in [6, 6.07) is 1.73. The summed E-state index contributed by atoms with van der Waals surface area (Å²) >= 11 is 0. The van der Waals surface area contributed by atoms with Gasteiger partial charge in [0.25, 0.3) is 5.91 Å². The highest BCUT2D eigenvalue weighted by Crippen LogP contribution is 2.17. The van der Waals surface area contributed by atoms with Gasteiger partial charge in [0, 0.05) is 12.6 Å². The number of aromatic carboxylic acids is 2. The van der Waals surface area contributed by atoms with Crippen LogP contribution in [-0.2, 0) is 0 Å². The Labute approximate surface area is 101 Å². The number of aldehydes is 1. The van der Waals surface area contributed by atoms with Crippen molar-refractivity contribution in [3.05, 3.63) is 34.4 Å². The van der Waals surface area contributed by atoms with Crippen LogP contribution in [0.15, 0.2) is 12.1 Å². The maximum atomic E-state index is 11.5. The van der Waals surface area contributed by atoms with Crippen molar-refractivity contribution in [1.82, 2.24) is 5.32 Å². The van der Waals surface area contributed by atoms with Crippen molar-refractivity contribution in [1.29, 1.82) is 0 Å². The molecule has 0 bridgehead atoms. The molecule has 1 rings (SSSR count). The van der Waals surface area contributed by atoms with Crippen LogP contribution in [0.3, 0.4) is 0 Å². The minimum atomic E-state index is -1.45. The monoisotopic (exact) mass is 251 g/mol. The summed E-state index contributed by atoms with van der Waals surface area (Å²) in [5.74, 6) is -3.61. The molecule has 1 amide bonds. The van der Waals surface area contributed by atoms with Crippen LogP contribution in [0.25, 0.3) is 0 Å². The second kappa shape index (κ2) is 5.09. The average Bonchev–Trinajstić information content (AvgIpc) is 2.35. The van der Waals surface area contributed by atoms with Gasteiger partial charge in [0.1, 0.15) is 0 Å². The van der Waals surface area contributed by atoms with Gasteiger partial charge in [0.2, 0.25) is 0 Å². The maximum absolute atomic E-state index is 11.5. The van der Waals surface area contributed by atoms with Gasteiger partial charge in [-0.2, -0.15) is 0 Å². The molecule has 94 valence electrons. The van der Waals surface area contributed by atoms with Crippen molar-refractivity contribution in [3.63, 3.8) is 0 Å². The summed E-state index contributed by atoms with van der Waals surface area (Å²) < 4.78 is 0. The molecule has 0 atom stereocenters. The molecule has 7 nitrogen and oxygen atoms in total. The number of hydrogen-bond acceptors (Lipinski definition) is 4. The highest BCUT2D eigenvalue weighted by atomic mass is 16.4. The largest absolute Gasteiger partial charge is 0.478 e. The standard InChI is InChI=1S/C11H9NO6/c1-12-9(14)7-2-5(4-13)6(10(15)16)3-8(7)11(17)18/h2-4H,1H3,(H,12,14)(H,15,16)(H,17,18). The van der Waals surface area contributed by atoms with Gasteiger partial charge in [-0.25, -0.2) is 9.59 Å². The lowest BCUT2D eigenvalue weighted by Crippen LogP contribution is -2.22. The second-order valence-corrected chi connectivity index (χ2v) is 3.29. The molecule has 0 aromatic heterocycles. The van der Waals surface area contributed by atoms with E-state index in [-0.39, 0.29) is 17.4 Å². The van der Waals surface area contributed by atoms with Crippen LogP contribution >= 0.6 is 0 Å². The van der Waals surface area contributed by atoms with Crippen LogP contribution in [0.5, 0.6) is 0 Å². The quantitative estimate of drug-likeness (QED) is 0.660. The zero-order chi connectivity index (χ0) is 13.9. The number of carbonyl (C=O) groups is 4. The van der Waals surface area contributed by atoms with Crippen molar-refractivity contribution >= 4 is 24.1 Å². The van der Waals surface area contributed by atoms with Gasteiger partial charge in [-0.3, -0.25) is 9.59 Å². The Balaban J connectivity index is 3.62. The fraction of sp³-hybridized carbons (Fsp3) is 0.0909. The van der Waals surface area contributed by atoms with Crippen LogP contribution < -0.4 is 5.32 Å². The van der Waals surface area contributed by atoms with Crippen LogP contribution in [0.2, 0.25) is 0 Å². The molecular formula is C11H9NO6. The minimum Gasteiger partial charge on any atom is -0.478 e. The molecule has 1 aromatic carbocycles. The topological polar surface area (TPSA) is 121 Å². The number of nitrogens with one attached hydrogen (secondary N) is 1. The fourth-order valence-electron chi connectivity index (χ4n) is 1.40. The van der Waals surface area contributed by atoms with E-state index in [4.69, 9.17) is 10.2 Å². The molecule has 3 N–H and O–H groups in total. The minimum absolute atomic E-state index is 0.252. The van der Waals surface area contributed by atoms with Gasteiger partial charge in [-0.15, -0.1) is 0 Å². The van der Waals surface area contributed by atoms with Crippen molar-refractivity contribution in [2.75, 3.05) is 7.05 Å². The van der Waals surface area contributed by atoms with Gasteiger partial charge >= 0.3 is 11.9 Å². The first kappa shape index (κ1) is 13.4. The summed E-state index contributed by atoms with van der Waals surface area (Å²) in [5.41, 5.74) is -1.46. The molecule has 0 spiro atoms. The lowest BCUT2D eigenvalue weighted by Gasteiger charge is -2.08. The Hall–Kier alpha value is -2.70. The van der Waals surface area contributed by atoms with Crippen molar-refractivity contribution in [2.24, 2.45) is 0 Å². The summed E-state index contributed by atoms with van der Waals surface area (Å²) in [5, 5.41) is 20.0. The molecule has 7 heteroatoms. The highest BCUT2D eigenvalue weighted by molar-refractivity contribution is 6.09. The smallest absolute Gasteiger partial charge is 0.336 e. The molecule has 0 saturated heterocycles. The first-order valence-corrected chi connectivity index (χ1v) is 4.74. The van der Waals surface area contributed by atoms with Gasteiger partial charge < -0.3 is 15.5 Å². The van der Waals surface area contributed by atoms with Crippen molar-refractivity contribution in [3.8, 4) is 0 Å². The molecule has 0 aliphatic rings. The molecule has 0 fully saturated rings. The van der Waals surface area contributed by atoms with E-state index in [1.165, 1.54) is 7.05 Å². The van der Waals surface area contributed by atoms with Gasteiger partial charge in [-0.1, -0.05) is 0 Å². The Morgan fingerprint density at radius 2 is 1.61 bits per heavy atom. The first-order valence-electron chi connectivity index (χ1n) is 4.74. The summed E-state index contributed by atoms with van der Waals surface area (Å²) in [6.45, 7) is 0. The molecule has 1 aromatic rings. The third kappa shape index (κ3) is 2.34. The molecular weight excluding hydrogens is 242 g/mol. The summed E-state index contributed by atoms with van der Waals surface area (Å²) in [7, 11) is 1.29. The SMILES string of the molecule is CNC(=O)c1cc(C=O)c(C(=O)O)cc1C(=O)O. The predicted molar refractivity (Wildman–Crippen MR) is 59.1 cm³/mol. The Morgan fingerprint density at radius 3 is 2.00 bits per heavy atom. The molecule has 0 unspecified atom stereocenters. The average molecular weight is 251 g/mol. The third-order valence-electron chi connectivity index (χ3n) is 2.25. The summed E-state index contributed by atoms with van der Waals surface area (Å²) in [4.78, 5) is 44.0. The van der Waals surface area contributed by atoms with E-state index in [9.17, 15) is 19.2 Å². The van der Waals surface area contributed by atoms with E-state index in [1.54, 1.807) is 0 Å². The first-order chi connectivity index (χ1) is 8.42. The van der Waals surface area contributed by atoms with E-state index >= 15 is 0 Å². The van der Waals surface area contributed by atoms with E-state index in [1.807, 2.05) is 0 Å². The van der Waals surface area contributed by atoms with Crippen LogP contribution in [0.1, 0.15) is 41.4 Å². The second-order valence-electron chi connectivity index (χ2n) is 3.29. The van der Waals surface area contributed by atoms with Gasteiger partial charge in [0.05, 0.1) is 16.7 Å². The highest BCUT2D eigenvalue weighted by Gasteiger charge is 2.21. The number of rotatable bonds is 4. The number of hydrogen-bond donors (Lipinski definition) is 3. The molecule has 0 saturated carbocycles. The fourth-order valence-corrected chi connectivity index (χ4v) is 1.40. The summed E-state index contributed by atoms with van der Waals surface area (Å²) in [6.07, 6.45) is 0.252. The number of carboxylic acids is 2. The lowest BCUT2D eigenvalue weighted by molar-refractivity contribution is 0.0690. The number of carboxylic acid groups (broad SMARTS) is 2. The lowest BCUT2D eigenvalue weighted by atomic mass is 9.98. The van der Waals surface area contributed by atoms with Gasteiger partial charge in [0.15, 0.2) is 6.29 Å². The Bertz CT molecular complexity index is 549. The van der Waals surface area contributed by atoms with E-state index in [0.717, 1.165) is 12.1 Å². The number of carbonyl (C=O) groups excluding carboxylic acids is 2. The van der Waals surface area contributed by atoms with Crippen molar-refractivity contribution in [2.45, 2.75) is 0 Å². The Morgan fingerprint density at radius 1 is 1.06 bits per heavy atom. The van der Waals surface area contributed by atoms with Crippen LogP contribution in [0.4, 0.5) is 0 Å². The maximum Gasteiger partial charge on any atom is 0.336 e. The van der Waals surface area contributed by atoms with Crippen LogP contribution in [0, 0.1) is 0 Å². The molecule has 0 aliphatic heterocycles. The van der Waals surface area contributed by atoms with E-state index in [2.05, 4.69) is 5.32 Å². The van der Waals surface area contributed by atoms with Crippen molar-refractivity contribution < 1.29 is 29.4 Å². The molecule has 18 heavy (non-hydrogen) atoms. The van der Waals surface area contributed by atoms with Gasteiger partial charge in [-0.05, 0) is 12.1 Å². The zero-order valence-corrected chi connectivity index (χ0v) is 9.26. The Kier molecular flexibility index (Phi) is 3.78. The predicted octanol–water partition coefficient (Wildman–Crippen LogP) is 0.255.